The molecule has 2 atom stereocenters. The van der Waals surface area contributed by atoms with Crippen molar-refractivity contribution in [2.24, 2.45) is 4.99 Å². The molecule has 0 radical (unpaired) electrons. The van der Waals surface area contributed by atoms with Crippen LogP contribution in [0.1, 0.15) is 31.6 Å². The number of hydrogen-bond acceptors (Lipinski definition) is 4. The lowest BCUT2D eigenvalue weighted by atomic mass is 10.1. The molecule has 1 fully saturated rings. The van der Waals surface area contributed by atoms with Crippen molar-refractivity contribution in [2.75, 3.05) is 11.9 Å². The topological polar surface area (TPSA) is 36.9 Å². The van der Waals surface area contributed by atoms with Crippen LogP contribution in [0.5, 0.6) is 5.75 Å². The van der Waals surface area contributed by atoms with Gasteiger partial charge in [0.1, 0.15) is 5.75 Å². The van der Waals surface area contributed by atoms with Crippen LogP contribution in [-0.4, -0.2) is 40.3 Å². The molecule has 0 aliphatic carbocycles. The first-order chi connectivity index (χ1) is 16.1. The Bertz CT molecular complexity index is 1060. The average Bonchev–Trinajstić information content (AvgIpc) is 3.14. The van der Waals surface area contributed by atoms with E-state index in [1.54, 1.807) is 17.8 Å². The number of benzene rings is 2. The minimum Gasteiger partial charge on any atom is -0.428 e. The summed E-state index contributed by atoms with van der Waals surface area (Å²) >= 11 is 7.25. The van der Waals surface area contributed by atoms with E-state index in [0.29, 0.717) is 17.3 Å². The monoisotopic (exact) mass is 511 g/mol. The predicted molar refractivity (Wildman–Crippen MR) is 134 cm³/mol. The zero-order valence-corrected chi connectivity index (χ0v) is 20.5. The van der Waals surface area contributed by atoms with E-state index in [4.69, 9.17) is 17.2 Å². The number of amidine groups is 1. The summed E-state index contributed by atoms with van der Waals surface area (Å²) in [5, 5.41) is 4.13. The van der Waals surface area contributed by atoms with Crippen LogP contribution in [0.25, 0.3) is 0 Å². The Labute approximate surface area is 206 Å². The Balaban J connectivity index is 1.84. The lowest BCUT2D eigenvalue weighted by Gasteiger charge is -2.26. The van der Waals surface area contributed by atoms with Gasteiger partial charge in [0.05, 0.1) is 17.8 Å². The van der Waals surface area contributed by atoms with Crippen LogP contribution in [0.4, 0.5) is 23.2 Å². The van der Waals surface area contributed by atoms with Crippen molar-refractivity contribution in [2.45, 2.75) is 44.6 Å². The second-order valence-electron chi connectivity index (χ2n) is 7.72. The molecule has 0 saturated carbocycles. The first-order valence-electron chi connectivity index (χ1n) is 10.6. The lowest BCUT2D eigenvalue weighted by molar-refractivity contribution is -0.253. The van der Waals surface area contributed by atoms with Crippen LogP contribution in [-0.2, 0) is 0 Å². The number of rotatable bonds is 7. The molecule has 2 aromatic rings. The first-order valence-corrected chi connectivity index (χ1v) is 11.8. The largest absolute Gasteiger partial charge is 0.461 e. The van der Waals surface area contributed by atoms with Crippen molar-refractivity contribution < 1.29 is 22.3 Å². The van der Waals surface area contributed by atoms with E-state index in [9.17, 15) is 17.6 Å². The Kier molecular flexibility index (Phi) is 8.59. The third-order valence-electron chi connectivity index (χ3n) is 5.18. The Morgan fingerprint density at radius 1 is 1.24 bits per heavy atom. The van der Waals surface area contributed by atoms with Crippen LogP contribution < -0.4 is 10.1 Å². The minimum absolute atomic E-state index is 0.0559. The van der Waals surface area contributed by atoms with Gasteiger partial charge in [0.15, 0.2) is 10.3 Å². The molecule has 1 saturated heterocycles. The van der Waals surface area contributed by atoms with Gasteiger partial charge in [0, 0.05) is 11.8 Å². The van der Waals surface area contributed by atoms with Crippen molar-refractivity contribution in [1.29, 1.82) is 0 Å². The fraction of sp³-hybridized carbons (Fsp3) is 0.333. The molecule has 182 valence electrons. The lowest BCUT2D eigenvalue weighted by Crippen LogP contribution is -2.41. The molecule has 1 N–H and O–H groups in total. The highest BCUT2D eigenvalue weighted by atomic mass is 32.2. The molecule has 0 aromatic heterocycles. The fourth-order valence-electron chi connectivity index (χ4n) is 3.26. The van der Waals surface area contributed by atoms with Crippen molar-refractivity contribution in [1.82, 2.24) is 4.90 Å². The quantitative estimate of drug-likeness (QED) is 0.243. The predicted octanol–water partition coefficient (Wildman–Crippen LogP) is 7.12. The maximum Gasteiger partial charge on any atom is 0.461 e. The second-order valence-corrected chi connectivity index (χ2v) is 9.21. The highest BCUT2D eigenvalue weighted by molar-refractivity contribution is 8.14. The molecule has 1 heterocycles. The van der Waals surface area contributed by atoms with Crippen LogP contribution in [0.3, 0.4) is 0 Å². The zero-order valence-electron chi connectivity index (χ0n) is 18.8. The van der Waals surface area contributed by atoms with Crippen LogP contribution in [0, 0.1) is 0 Å². The van der Waals surface area contributed by atoms with Gasteiger partial charge in [0.25, 0.3) is 0 Å². The number of nitrogens with one attached hydrogen (secondary N) is 1. The van der Waals surface area contributed by atoms with Gasteiger partial charge in [-0.05, 0) is 50.7 Å². The van der Waals surface area contributed by atoms with Crippen LogP contribution in [0.15, 0.2) is 71.2 Å². The van der Waals surface area contributed by atoms with E-state index in [0.717, 1.165) is 16.3 Å². The molecule has 34 heavy (non-hydrogen) atoms. The number of thioether (sulfide) groups is 1. The summed E-state index contributed by atoms with van der Waals surface area (Å²) in [6.45, 7) is 6.48. The summed E-state index contributed by atoms with van der Waals surface area (Å²) in [6, 6.07) is 15.3. The summed E-state index contributed by atoms with van der Waals surface area (Å²) < 4.78 is 55.8. The fourth-order valence-corrected chi connectivity index (χ4v) is 5.04. The van der Waals surface area contributed by atoms with Gasteiger partial charge in [-0.1, -0.05) is 59.8 Å². The number of nitrogens with zero attached hydrogens (tertiary/aromatic N) is 2. The van der Waals surface area contributed by atoms with Crippen LogP contribution in [0.2, 0.25) is 0 Å². The highest BCUT2D eigenvalue weighted by Crippen LogP contribution is 2.43. The van der Waals surface area contributed by atoms with E-state index in [1.807, 2.05) is 62.1 Å². The summed E-state index contributed by atoms with van der Waals surface area (Å²) in [5.74, 6) is -0.401. The maximum atomic E-state index is 13.3. The summed E-state index contributed by atoms with van der Waals surface area (Å²) in [7, 11) is 0. The molecule has 1 aliphatic heterocycles. The van der Waals surface area contributed by atoms with Crippen molar-refractivity contribution >= 4 is 39.9 Å². The molecule has 0 bridgehead atoms. The van der Waals surface area contributed by atoms with Crippen LogP contribution >= 0.6 is 24.0 Å². The molecule has 2 aromatic carbocycles. The first kappa shape index (κ1) is 26.0. The van der Waals surface area contributed by atoms with Crippen molar-refractivity contribution in [3.8, 4) is 5.75 Å². The zero-order chi connectivity index (χ0) is 24.9. The van der Waals surface area contributed by atoms with Gasteiger partial charge in [0.2, 0.25) is 0 Å². The second kappa shape index (κ2) is 11.2. The highest BCUT2D eigenvalue weighted by Gasteiger charge is 2.44. The van der Waals surface area contributed by atoms with Gasteiger partial charge in [-0.25, -0.2) is 0 Å². The standard InChI is InChI=1S/C24H25F4N3OS2/c1-4-15(2)14-29-23-31(16(3)20(34-23)17-9-6-5-7-10-17)22(33)30-18-11-8-12-19(13-18)32-24(27,28)21(25)26/h4-13,16,20-21H,14H2,1-3H3,(H,30,33)/b15-4+,29-23?. The molecule has 0 spiro atoms. The molecule has 10 heteroatoms. The maximum absolute atomic E-state index is 13.3. The minimum atomic E-state index is -4.59. The SMILES string of the molecule is C/C=C(\C)CN=C1SC(c2ccccc2)C(C)N1C(=S)Nc1cccc(OC(F)(F)C(F)F)c1. The summed E-state index contributed by atoms with van der Waals surface area (Å²) in [4.78, 5) is 6.64. The van der Waals surface area contributed by atoms with Gasteiger partial charge < -0.3 is 10.1 Å². The smallest absolute Gasteiger partial charge is 0.428 e. The molecule has 1 aliphatic rings. The van der Waals surface area contributed by atoms with E-state index in [2.05, 4.69) is 10.1 Å². The normalized spacial score (nSPS) is 20.2. The number of halogens is 4. The number of anilines is 1. The number of aliphatic imine (C=N–C) groups is 1. The van der Waals surface area contributed by atoms with Gasteiger partial charge >= 0.3 is 12.5 Å². The third-order valence-corrected chi connectivity index (χ3v) is 6.94. The van der Waals surface area contributed by atoms with Crippen molar-refractivity contribution in [3.05, 3.63) is 71.8 Å². The van der Waals surface area contributed by atoms with Gasteiger partial charge in [-0.2, -0.15) is 17.6 Å². The number of allylic oxidation sites excluding steroid dienone is 1. The summed E-state index contributed by atoms with van der Waals surface area (Å²) in [6.07, 6.45) is -6.54. The van der Waals surface area contributed by atoms with Gasteiger partial charge in [-0.3, -0.25) is 9.89 Å². The number of hydrogen-bond donors (Lipinski definition) is 1. The number of thiocarbonyl (C=S) groups is 1. The molecule has 4 nitrogen and oxygen atoms in total. The van der Waals surface area contributed by atoms with E-state index < -0.39 is 18.3 Å². The van der Waals surface area contributed by atoms with E-state index in [-0.39, 0.29) is 11.3 Å². The average molecular weight is 512 g/mol. The Hall–Kier alpha value is -2.59. The molecular formula is C24H25F4N3OS2. The molecule has 0 amide bonds. The van der Waals surface area contributed by atoms with E-state index in [1.165, 1.54) is 18.2 Å². The third kappa shape index (κ3) is 6.29. The molecule has 3 rings (SSSR count). The van der Waals surface area contributed by atoms with Gasteiger partial charge in [-0.15, -0.1) is 0 Å². The molecular weight excluding hydrogens is 486 g/mol. The Morgan fingerprint density at radius 2 is 1.94 bits per heavy atom. The number of ether oxygens (including phenoxy) is 1. The Morgan fingerprint density at radius 3 is 2.59 bits per heavy atom. The van der Waals surface area contributed by atoms with E-state index >= 15 is 0 Å². The van der Waals surface area contributed by atoms with Crippen molar-refractivity contribution in [3.63, 3.8) is 0 Å². The number of alkyl halides is 4. The molecule has 2 unspecified atom stereocenters. The summed E-state index contributed by atoms with van der Waals surface area (Å²) in [5.41, 5.74) is 2.56.